The first-order valence-electron chi connectivity index (χ1n) is 6.27. The standard InChI is InChI=1S/C12H21N3O/c1-4-10(8(2)13-3)12-14-11(15-16-12)9-6-5-7-9/h8-10,13H,4-7H2,1-3H3. The Labute approximate surface area is 96.8 Å². The lowest BCUT2D eigenvalue weighted by molar-refractivity contribution is 0.312. The number of nitrogens with one attached hydrogen (secondary N) is 1. The molecule has 2 atom stereocenters. The van der Waals surface area contributed by atoms with E-state index in [1.165, 1.54) is 19.3 Å². The first-order valence-corrected chi connectivity index (χ1v) is 6.27. The van der Waals surface area contributed by atoms with Crippen LogP contribution in [0.1, 0.15) is 63.1 Å². The number of rotatable bonds is 5. The topological polar surface area (TPSA) is 51.0 Å². The molecular weight excluding hydrogens is 202 g/mol. The molecule has 1 aromatic rings. The van der Waals surface area contributed by atoms with Gasteiger partial charge in [-0.05, 0) is 33.2 Å². The third-order valence-corrected chi connectivity index (χ3v) is 3.74. The van der Waals surface area contributed by atoms with Gasteiger partial charge in [0.1, 0.15) is 0 Å². The molecule has 0 bridgehead atoms. The fraction of sp³-hybridized carbons (Fsp3) is 0.833. The Hall–Kier alpha value is -0.900. The van der Waals surface area contributed by atoms with Crippen LogP contribution in [0.25, 0.3) is 0 Å². The van der Waals surface area contributed by atoms with Gasteiger partial charge in [-0.15, -0.1) is 0 Å². The van der Waals surface area contributed by atoms with E-state index < -0.39 is 0 Å². The fourth-order valence-electron chi connectivity index (χ4n) is 2.17. The van der Waals surface area contributed by atoms with Gasteiger partial charge in [0, 0.05) is 12.0 Å². The minimum Gasteiger partial charge on any atom is -0.339 e. The third kappa shape index (κ3) is 2.12. The number of likely N-dealkylation sites (N-methyl/N-ethyl adjacent to an activating group) is 1. The van der Waals surface area contributed by atoms with E-state index in [9.17, 15) is 0 Å². The SMILES string of the molecule is CCC(c1nc(C2CCC2)no1)C(C)NC. The second-order valence-corrected chi connectivity index (χ2v) is 4.71. The number of aromatic nitrogens is 2. The van der Waals surface area contributed by atoms with Gasteiger partial charge in [0.05, 0.1) is 5.92 Å². The molecule has 90 valence electrons. The molecule has 1 aliphatic carbocycles. The van der Waals surface area contributed by atoms with Crippen LogP contribution in [0.2, 0.25) is 0 Å². The molecule has 1 saturated carbocycles. The molecule has 1 heterocycles. The lowest BCUT2D eigenvalue weighted by atomic mass is 9.85. The van der Waals surface area contributed by atoms with Gasteiger partial charge in [-0.25, -0.2) is 0 Å². The van der Waals surface area contributed by atoms with Crippen molar-refractivity contribution in [2.75, 3.05) is 7.05 Å². The van der Waals surface area contributed by atoms with Crippen molar-refractivity contribution in [1.82, 2.24) is 15.5 Å². The minimum atomic E-state index is 0.325. The molecule has 0 saturated heterocycles. The zero-order valence-electron chi connectivity index (χ0n) is 10.4. The van der Waals surface area contributed by atoms with Gasteiger partial charge in [-0.3, -0.25) is 0 Å². The van der Waals surface area contributed by atoms with Crippen molar-refractivity contribution in [2.24, 2.45) is 0 Å². The summed E-state index contributed by atoms with van der Waals surface area (Å²) in [5.41, 5.74) is 0. The first-order chi connectivity index (χ1) is 7.76. The predicted octanol–water partition coefficient (Wildman–Crippen LogP) is 2.44. The van der Waals surface area contributed by atoms with E-state index in [1.54, 1.807) is 0 Å². The summed E-state index contributed by atoms with van der Waals surface area (Å²) in [5, 5.41) is 7.36. The van der Waals surface area contributed by atoms with Crippen molar-refractivity contribution in [1.29, 1.82) is 0 Å². The Bertz CT molecular complexity index is 333. The Morgan fingerprint density at radius 2 is 2.25 bits per heavy atom. The van der Waals surface area contributed by atoms with E-state index in [4.69, 9.17) is 4.52 Å². The molecule has 1 aliphatic rings. The van der Waals surface area contributed by atoms with Gasteiger partial charge >= 0.3 is 0 Å². The lowest BCUT2D eigenvalue weighted by Crippen LogP contribution is -2.28. The quantitative estimate of drug-likeness (QED) is 0.833. The summed E-state index contributed by atoms with van der Waals surface area (Å²) in [5.74, 6) is 2.60. The van der Waals surface area contributed by atoms with E-state index in [0.717, 1.165) is 18.1 Å². The highest BCUT2D eigenvalue weighted by molar-refractivity contribution is 5.03. The Balaban J connectivity index is 2.09. The molecule has 4 heteroatoms. The van der Waals surface area contributed by atoms with Gasteiger partial charge in [0.2, 0.25) is 5.89 Å². The van der Waals surface area contributed by atoms with Crippen LogP contribution in [-0.2, 0) is 0 Å². The van der Waals surface area contributed by atoms with Gasteiger partial charge < -0.3 is 9.84 Å². The number of nitrogens with zero attached hydrogens (tertiary/aromatic N) is 2. The van der Waals surface area contributed by atoms with Gasteiger partial charge in [0.15, 0.2) is 5.82 Å². The molecule has 1 N–H and O–H groups in total. The summed E-state index contributed by atoms with van der Waals surface area (Å²) in [6.45, 7) is 4.31. The van der Waals surface area contributed by atoms with Crippen LogP contribution >= 0.6 is 0 Å². The molecule has 2 rings (SSSR count). The maximum Gasteiger partial charge on any atom is 0.231 e. The minimum absolute atomic E-state index is 0.325. The molecule has 0 aromatic carbocycles. The van der Waals surface area contributed by atoms with Crippen molar-refractivity contribution in [3.63, 3.8) is 0 Å². The zero-order chi connectivity index (χ0) is 11.5. The molecule has 1 aromatic heterocycles. The number of hydrogen-bond donors (Lipinski definition) is 1. The number of hydrogen-bond acceptors (Lipinski definition) is 4. The highest BCUT2D eigenvalue weighted by Gasteiger charge is 2.28. The van der Waals surface area contributed by atoms with Crippen molar-refractivity contribution in [3.05, 3.63) is 11.7 Å². The summed E-state index contributed by atoms with van der Waals surface area (Å²) in [6.07, 6.45) is 4.77. The van der Waals surface area contributed by atoms with Crippen LogP contribution in [0.5, 0.6) is 0 Å². The Morgan fingerprint density at radius 1 is 1.50 bits per heavy atom. The molecule has 4 nitrogen and oxygen atoms in total. The highest BCUT2D eigenvalue weighted by atomic mass is 16.5. The zero-order valence-corrected chi connectivity index (χ0v) is 10.4. The van der Waals surface area contributed by atoms with E-state index in [-0.39, 0.29) is 0 Å². The third-order valence-electron chi connectivity index (χ3n) is 3.74. The highest BCUT2D eigenvalue weighted by Crippen LogP contribution is 2.35. The second-order valence-electron chi connectivity index (χ2n) is 4.71. The molecule has 1 fully saturated rings. The smallest absolute Gasteiger partial charge is 0.231 e. The van der Waals surface area contributed by atoms with Gasteiger partial charge in [-0.2, -0.15) is 4.98 Å². The van der Waals surface area contributed by atoms with Crippen LogP contribution in [0, 0.1) is 0 Å². The maximum absolute atomic E-state index is 5.40. The van der Waals surface area contributed by atoms with Crippen molar-refractivity contribution in [2.45, 2.75) is 57.4 Å². The maximum atomic E-state index is 5.40. The van der Waals surface area contributed by atoms with Crippen LogP contribution in [-0.4, -0.2) is 23.2 Å². The van der Waals surface area contributed by atoms with Crippen molar-refractivity contribution in [3.8, 4) is 0 Å². The summed E-state index contributed by atoms with van der Waals surface area (Å²) in [4.78, 5) is 4.55. The summed E-state index contributed by atoms with van der Waals surface area (Å²) >= 11 is 0. The largest absolute Gasteiger partial charge is 0.339 e. The van der Waals surface area contributed by atoms with Crippen molar-refractivity contribution >= 4 is 0 Å². The van der Waals surface area contributed by atoms with Crippen LogP contribution in [0.15, 0.2) is 4.52 Å². The predicted molar refractivity (Wildman–Crippen MR) is 62.4 cm³/mol. The molecule has 0 radical (unpaired) electrons. The van der Waals surface area contributed by atoms with Crippen LogP contribution in [0.4, 0.5) is 0 Å². The normalized spacial score (nSPS) is 20.4. The van der Waals surface area contributed by atoms with Crippen LogP contribution in [0.3, 0.4) is 0 Å². The second kappa shape index (κ2) is 4.95. The molecule has 16 heavy (non-hydrogen) atoms. The molecular formula is C12H21N3O. The average molecular weight is 223 g/mol. The average Bonchev–Trinajstić information content (AvgIpc) is 2.65. The summed E-state index contributed by atoms with van der Waals surface area (Å²) in [6, 6.07) is 0.375. The van der Waals surface area contributed by atoms with Gasteiger partial charge in [0.25, 0.3) is 0 Å². The van der Waals surface area contributed by atoms with Crippen molar-refractivity contribution < 1.29 is 4.52 Å². The molecule has 0 spiro atoms. The lowest BCUT2D eigenvalue weighted by Gasteiger charge is -2.21. The fourth-order valence-corrected chi connectivity index (χ4v) is 2.17. The molecule has 0 amide bonds. The van der Waals surface area contributed by atoms with Gasteiger partial charge in [-0.1, -0.05) is 18.5 Å². The molecule has 0 aliphatic heterocycles. The van der Waals surface area contributed by atoms with E-state index >= 15 is 0 Å². The monoisotopic (exact) mass is 223 g/mol. The molecule has 2 unspecified atom stereocenters. The Kier molecular flexibility index (Phi) is 3.59. The van der Waals surface area contributed by atoms with Crippen LogP contribution < -0.4 is 5.32 Å². The summed E-state index contributed by atoms with van der Waals surface area (Å²) < 4.78 is 5.40. The van der Waals surface area contributed by atoms with E-state index in [0.29, 0.717) is 17.9 Å². The Morgan fingerprint density at radius 3 is 2.75 bits per heavy atom. The van der Waals surface area contributed by atoms with E-state index in [2.05, 4.69) is 29.3 Å². The van der Waals surface area contributed by atoms with E-state index in [1.807, 2.05) is 7.05 Å². The summed E-state index contributed by atoms with van der Waals surface area (Å²) in [7, 11) is 1.97. The first kappa shape index (κ1) is 11.6.